The maximum atomic E-state index is 13.9. The SMILES string of the molecule is CN(C(=O)CSc1nnc(-c2ccccc2F)n1N)C1CCCCC1. The topological polar surface area (TPSA) is 77.0 Å². The Morgan fingerprint density at radius 2 is 2.04 bits per heavy atom. The van der Waals surface area contributed by atoms with Crippen LogP contribution in [0.2, 0.25) is 0 Å². The molecule has 3 rings (SSSR count). The Hall–Kier alpha value is -2.09. The molecule has 1 aromatic carbocycles. The summed E-state index contributed by atoms with van der Waals surface area (Å²) in [5.74, 6) is 6.11. The first kappa shape index (κ1) is 17.7. The third-order valence-electron chi connectivity index (χ3n) is 4.62. The maximum absolute atomic E-state index is 13.9. The van der Waals surface area contributed by atoms with E-state index in [0.29, 0.717) is 11.2 Å². The summed E-state index contributed by atoms with van der Waals surface area (Å²) >= 11 is 1.22. The number of hydrogen-bond acceptors (Lipinski definition) is 5. The highest BCUT2D eigenvalue weighted by Crippen LogP contribution is 2.25. The number of halogens is 1. The van der Waals surface area contributed by atoms with Crippen LogP contribution in [-0.4, -0.2) is 44.5 Å². The number of nitrogens with two attached hydrogens (primary N) is 1. The fraction of sp³-hybridized carbons (Fsp3) is 0.471. The average Bonchev–Trinajstić information content (AvgIpc) is 3.00. The number of thioether (sulfide) groups is 1. The second-order valence-corrected chi connectivity index (χ2v) is 7.18. The van der Waals surface area contributed by atoms with Crippen LogP contribution in [0.4, 0.5) is 4.39 Å². The molecular formula is C17H22FN5OS. The van der Waals surface area contributed by atoms with Gasteiger partial charge in [0.1, 0.15) is 5.82 Å². The van der Waals surface area contributed by atoms with Gasteiger partial charge in [-0.25, -0.2) is 9.07 Å². The fourth-order valence-electron chi connectivity index (χ4n) is 3.10. The van der Waals surface area contributed by atoms with Gasteiger partial charge in [0, 0.05) is 13.1 Å². The number of nitrogens with zero attached hydrogens (tertiary/aromatic N) is 4. The van der Waals surface area contributed by atoms with Crippen molar-refractivity contribution in [2.75, 3.05) is 18.6 Å². The van der Waals surface area contributed by atoms with E-state index in [-0.39, 0.29) is 23.0 Å². The Kier molecular flexibility index (Phi) is 5.57. The smallest absolute Gasteiger partial charge is 0.233 e. The first-order chi connectivity index (χ1) is 12.1. The molecule has 1 heterocycles. The van der Waals surface area contributed by atoms with Crippen molar-refractivity contribution in [3.8, 4) is 11.4 Å². The van der Waals surface area contributed by atoms with Gasteiger partial charge in [-0.3, -0.25) is 4.79 Å². The summed E-state index contributed by atoms with van der Waals surface area (Å²) in [6, 6.07) is 6.58. The van der Waals surface area contributed by atoms with Crippen molar-refractivity contribution < 1.29 is 9.18 Å². The monoisotopic (exact) mass is 363 g/mol. The molecule has 0 saturated heterocycles. The van der Waals surface area contributed by atoms with Gasteiger partial charge in [0.15, 0.2) is 5.82 Å². The van der Waals surface area contributed by atoms with Crippen LogP contribution in [0.15, 0.2) is 29.4 Å². The molecule has 25 heavy (non-hydrogen) atoms. The number of nitrogen functional groups attached to an aromatic ring is 1. The zero-order valence-electron chi connectivity index (χ0n) is 14.2. The second kappa shape index (κ2) is 7.86. The molecule has 1 amide bonds. The lowest BCUT2D eigenvalue weighted by molar-refractivity contribution is -0.129. The summed E-state index contributed by atoms with van der Waals surface area (Å²) in [7, 11) is 1.86. The number of benzene rings is 1. The number of hydrogen-bond donors (Lipinski definition) is 1. The molecule has 1 fully saturated rings. The highest BCUT2D eigenvalue weighted by atomic mass is 32.2. The lowest BCUT2D eigenvalue weighted by atomic mass is 9.94. The summed E-state index contributed by atoms with van der Waals surface area (Å²) < 4.78 is 15.1. The lowest BCUT2D eigenvalue weighted by Crippen LogP contribution is -2.39. The molecule has 1 saturated carbocycles. The van der Waals surface area contributed by atoms with Gasteiger partial charge in [-0.15, -0.1) is 10.2 Å². The minimum atomic E-state index is -0.411. The lowest BCUT2D eigenvalue weighted by Gasteiger charge is -2.31. The van der Waals surface area contributed by atoms with Crippen molar-refractivity contribution in [1.29, 1.82) is 0 Å². The van der Waals surface area contributed by atoms with Crippen LogP contribution in [0, 0.1) is 5.82 Å². The molecule has 0 radical (unpaired) electrons. The van der Waals surface area contributed by atoms with E-state index in [1.54, 1.807) is 18.2 Å². The molecule has 2 aromatic rings. The zero-order valence-corrected chi connectivity index (χ0v) is 15.0. The van der Waals surface area contributed by atoms with E-state index in [1.807, 2.05) is 11.9 Å². The first-order valence-corrected chi connectivity index (χ1v) is 9.40. The van der Waals surface area contributed by atoms with Gasteiger partial charge in [-0.1, -0.05) is 43.2 Å². The van der Waals surface area contributed by atoms with E-state index in [4.69, 9.17) is 5.84 Å². The molecule has 134 valence electrons. The summed E-state index contributed by atoms with van der Waals surface area (Å²) in [4.78, 5) is 14.2. The first-order valence-electron chi connectivity index (χ1n) is 8.41. The van der Waals surface area contributed by atoms with E-state index >= 15 is 0 Å². The van der Waals surface area contributed by atoms with Crippen LogP contribution >= 0.6 is 11.8 Å². The second-order valence-electron chi connectivity index (χ2n) is 6.24. The van der Waals surface area contributed by atoms with Gasteiger partial charge < -0.3 is 10.7 Å². The normalized spacial score (nSPS) is 15.3. The van der Waals surface area contributed by atoms with Crippen molar-refractivity contribution in [1.82, 2.24) is 19.8 Å². The molecule has 1 aliphatic rings. The van der Waals surface area contributed by atoms with Crippen LogP contribution in [-0.2, 0) is 4.79 Å². The van der Waals surface area contributed by atoms with E-state index in [2.05, 4.69) is 10.2 Å². The molecule has 0 unspecified atom stereocenters. The molecule has 8 heteroatoms. The van der Waals surface area contributed by atoms with Crippen LogP contribution in [0.5, 0.6) is 0 Å². The highest BCUT2D eigenvalue weighted by molar-refractivity contribution is 7.99. The number of rotatable bonds is 5. The summed E-state index contributed by atoms with van der Waals surface area (Å²) in [6.45, 7) is 0. The molecule has 0 spiro atoms. The van der Waals surface area contributed by atoms with Crippen molar-refractivity contribution in [2.45, 2.75) is 43.3 Å². The van der Waals surface area contributed by atoms with Gasteiger partial charge in [0.2, 0.25) is 11.1 Å². The van der Waals surface area contributed by atoms with Crippen molar-refractivity contribution in [3.05, 3.63) is 30.1 Å². The Labute approximate surface area is 150 Å². The maximum Gasteiger partial charge on any atom is 0.233 e. The van der Waals surface area contributed by atoms with Gasteiger partial charge in [0.05, 0.1) is 11.3 Å². The number of carbonyl (C=O) groups is 1. The van der Waals surface area contributed by atoms with Crippen LogP contribution < -0.4 is 5.84 Å². The molecule has 1 aliphatic carbocycles. The Balaban J connectivity index is 1.64. The largest absolute Gasteiger partial charge is 0.342 e. The number of carbonyl (C=O) groups excluding carboxylic acids is 1. The summed E-state index contributed by atoms with van der Waals surface area (Å²) in [6.07, 6.45) is 5.74. The number of aromatic nitrogens is 3. The molecular weight excluding hydrogens is 341 g/mol. The predicted molar refractivity (Wildman–Crippen MR) is 95.9 cm³/mol. The fourth-order valence-corrected chi connectivity index (χ4v) is 3.88. The molecule has 0 aliphatic heterocycles. The van der Waals surface area contributed by atoms with E-state index in [9.17, 15) is 9.18 Å². The highest BCUT2D eigenvalue weighted by Gasteiger charge is 2.23. The van der Waals surface area contributed by atoms with Gasteiger partial charge >= 0.3 is 0 Å². The van der Waals surface area contributed by atoms with E-state index < -0.39 is 5.82 Å². The van der Waals surface area contributed by atoms with Gasteiger partial charge in [-0.05, 0) is 25.0 Å². The third kappa shape index (κ3) is 3.95. The van der Waals surface area contributed by atoms with Crippen LogP contribution in [0.1, 0.15) is 32.1 Å². The minimum absolute atomic E-state index is 0.0485. The molecule has 2 N–H and O–H groups in total. The summed E-state index contributed by atoms with van der Waals surface area (Å²) in [5.41, 5.74) is 0.287. The van der Waals surface area contributed by atoms with Crippen LogP contribution in [0.3, 0.4) is 0 Å². The summed E-state index contributed by atoms with van der Waals surface area (Å²) in [5, 5.41) is 8.34. The van der Waals surface area contributed by atoms with Crippen LogP contribution in [0.25, 0.3) is 11.4 Å². The molecule has 1 aromatic heterocycles. The minimum Gasteiger partial charge on any atom is -0.342 e. The number of amides is 1. The van der Waals surface area contributed by atoms with Crippen molar-refractivity contribution in [3.63, 3.8) is 0 Å². The van der Waals surface area contributed by atoms with Crippen molar-refractivity contribution in [2.24, 2.45) is 0 Å². The predicted octanol–water partition coefficient (Wildman–Crippen LogP) is 2.68. The van der Waals surface area contributed by atoms with Crippen molar-refractivity contribution >= 4 is 17.7 Å². The molecule has 6 nitrogen and oxygen atoms in total. The van der Waals surface area contributed by atoms with Gasteiger partial charge in [0.25, 0.3) is 0 Å². The average molecular weight is 363 g/mol. The Bertz CT molecular complexity index is 744. The Morgan fingerprint density at radius 1 is 1.32 bits per heavy atom. The third-order valence-corrected chi connectivity index (χ3v) is 5.55. The Morgan fingerprint density at radius 3 is 2.76 bits per heavy atom. The zero-order chi connectivity index (χ0) is 17.8. The standard InChI is InChI=1S/C17H22FN5OS/c1-22(12-7-3-2-4-8-12)15(24)11-25-17-21-20-16(23(17)19)13-9-5-6-10-14(13)18/h5-6,9-10,12H,2-4,7-8,11,19H2,1H3. The van der Waals surface area contributed by atoms with E-state index in [1.165, 1.54) is 41.8 Å². The van der Waals surface area contributed by atoms with Gasteiger partial charge in [-0.2, -0.15) is 0 Å². The quantitative estimate of drug-likeness (QED) is 0.653. The molecule has 0 bridgehead atoms. The molecule has 0 atom stereocenters. The van der Waals surface area contributed by atoms with E-state index in [0.717, 1.165) is 12.8 Å².